The van der Waals surface area contributed by atoms with Crippen LogP contribution in [0.25, 0.3) is 0 Å². The van der Waals surface area contributed by atoms with Gasteiger partial charge in [0.25, 0.3) is 0 Å². The molecule has 0 radical (unpaired) electrons. The van der Waals surface area contributed by atoms with Crippen molar-refractivity contribution in [1.29, 1.82) is 0 Å². The van der Waals surface area contributed by atoms with Gasteiger partial charge in [0.2, 0.25) is 0 Å². The molecule has 1 aromatic rings. The van der Waals surface area contributed by atoms with Crippen molar-refractivity contribution in [3.63, 3.8) is 0 Å². The number of benzene rings is 1. The van der Waals surface area contributed by atoms with Crippen LogP contribution in [0.2, 0.25) is 0 Å². The van der Waals surface area contributed by atoms with Crippen LogP contribution >= 0.6 is 0 Å². The second-order valence-electron chi connectivity index (χ2n) is 10.5. The maximum atomic E-state index is 2.81. The van der Waals surface area contributed by atoms with E-state index >= 15 is 0 Å². The zero-order valence-corrected chi connectivity index (χ0v) is 21.9. The van der Waals surface area contributed by atoms with Gasteiger partial charge in [-0.15, -0.1) is 0 Å². The van der Waals surface area contributed by atoms with Crippen LogP contribution in [0.15, 0.2) is 30.3 Å². The molecule has 1 heterocycles. The molecule has 1 heteroatoms. The van der Waals surface area contributed by atoms with Gasteiger partial charge in [-0.25, -0.2) is 0 Å². The fourth-order valence-corrected chi connectivity index (χ4v) is 5.95. The lowest BCUT2D eigenvalue weighted by Gasteiger charge is -2.42. The van der Waals surface area contributed by atoms with E-state index in [1.165, 1.54) is 142 Å². The van der Waals surface area contributed by atoms with Crippen LogP contribution in [0.1, 0.15) is 148 Å². The number of rotatable bonds is 20. The van der Waals surface area contributed by atoms with Crippen molar-refractivity contribution in [2.24, 2.45) is 0 Å². The van der Waals surface area contributed by atoms with Gasteiger partial charge in [0, 0.05) is 5.54 Å². The lowest BCUT2D eigenvalue weighted by Crippen LogP contribution is -2.44. The van der Waals surface area contributed by atoms with Crippen LogP contribution < -0.4 is 0 Å². The molecule has 0 amide bonds. The van der Waals surface area contributed by atoms with E-state index in [1.807, 2.05) is 0 Å². The predicted molar refractivity (Wildman–Crippen MR) is 143 cm³/mol. The van der Waals surface area contributed by atoms with E-state index in [9.17, 15) is 0 Å². The molecule has 1 aliphatic rings. The van der Waals surface area contributed by atoms with Crippen LogP contribution in [0.3, 0.4) is 0 Å². The molecule has 1 fully saturated rings. The Bertz CT molecular complexity index is 533. The summed E-state index contributed by atoms with van der Waals surface area (Å²) in [6, 6.07) is 11.4. The van der Waals surface area contributed by atoms with Gasteiger partial charge >= 0.3 is 0 Å². The molecule has 0 N–H and O–H groups in total. The standard InChI is InChI=1S/C31H55N/c1-3-5-6-7-8-9-10-11-12-13-14-15-16-17-18-22-27-31(4-2,32-28-23-24-29-32)30-25-20-19-21-26-30/h19-21,25-26H,3-18,22-24,27-29H2,1-2H3. The maximum absolute atomic E-state index is 2.81. The highest BCUT2D eigenvalue weighted by atomic mass is 15.2. The molecule has 1 saturated heterocycles. The van der Waals surface area contributed by atoms with E-state index in [-0.39, 0.29) is 5.54 Å². The third-order valence-corrected chi connectivity index (χ3v) is 8.05. The van der Waals surface area contributed by atoms with E-state index in [1.54, 1.807) is 5.56 Å². The highest BCUT2D eigenvalue weighted by molar-refractivity contribution is 5.25. The first kappa shape index (κ1) is 27.4. The Balaban J connectivity index is 1.51. The monoisotopic (exact) mass is 441 g/mol. The molecule has 32 heavy (non-hydrogen) atoms. The number of unbranched alkanes of at least 4 members (excludes halogenated alkanes) is 15. The summed E-state index contributed by atoms with van der Waals surface area (Å²) in [5.41, 5.74) is 1.85. The van der Waals surface area contributed by atoms with Crippen LogP contribution in [-0.2, 0) is 5.54 Å². The number of hydrogen-bond donors (Lipinski definition) is 0. The minimum atomic E-state index is 0.285. The van der Waals surface area contributed by atoms with Crippen molar-refractivity contribution in [3.05, 3.63) is 35.9 Å². The SMILES string of the molecule is CCCCCCCCCCCCCCCCCCC(CC)(c1ccccc1)N1CCCC1. The van der Waals surface area contributed by atoms with Crippen molar-refractivity contribution >= 4 is 0 Å². The lowest BCUT2D eigenvalue weighted by atomic mass is 9.80. The van der Waals surface area contributed by atoms with Gasteiger partial charge < -0.3 is 0 Å². The van der Waals surface area contributed by atoms with Gasteiger partial charge in [0.1, 0.15) is 0 Å². The van der Waals surface area contributed by atoms with Gasteiger partial charge in [-0.2, -0.15) is 0 Å². The molecule has 1 unspecified atom stereocenters. The largest absolute Gasteiger partial charge is 0.294 e. The maximum Gasteiger partial charge on any atom is 0.0458 e. The van der Waals surface area contributed by atoms with Crippen LogP contribution in [0.5, 0.6) is 0 Å². The molecule has 0 aliphatic carbocycles. The zero-order chi connectivity index (χ0) is 22.7. The molecule has 1 nitrogen and oxygen atoms in total. The van der Waals surface area contributed by atoms with Crippen molar-refractivity contribution in [2.75, 3.05) is 13.1 Å². The summed E-state index contributed by atoms with van der Waals surface area (Å²) in [4.78, 5) is 2.81. The van der Waals surface area contributed by atoms with Gasteiger partial charge in [-0.1, -0.05) is 147 Å². The molecule has 2 rings (SSSR count). The highest BCUT2D eigenvalue weighted by Gasteiger charge is 2.37. The Kier molecular flexibility index (Phi) is 15.1. The summed E-state index contributed by atoms with van der Waals surface area (Å²) < 4.78 is 0. The smallest absolute Gasteiger partial charge is 0.0458 e. The summed E-state index contributed by atoms with van der Waals surface area (Å²) in [7, 11) is 0. The van der Waals surface area contributed by atoms with E-state index in [0.29, 0.717) is 0 Å². The first-order chi connectivity index (χ1) is 15.8. The van der Waals surface area contributed by atoms with Crippen molar-refractivity contribution in [1.82, 2.24) is 4.90 Å². The van der Waals surface area contributed by atoms with Gasteiger partial charge in [0.05, 0.1) is 0 Å². The number of likely N-dealkylation sites (tertiary alicyclic amines) is 1. The predicted octanol–water partition coefficient (Wildman–Crippen LogP) is 10.0. The Labute approximate surface area is 201 Å². The third kappa shape index (κ3) is 9.98. The molecule has 184 valence electrons. The second-order valence-corrected chi connectivity index (χ2v) is 10.5. The fraction of sp³-hybridized carbons (Fsp3) is 0.806. The number of nitrogens with zero attached hydrogens (tertiary/aromatic N) is 1. The molecule has 0 saturated carbocycles. The molecular formula is C31H55N. The summed E-state index contributed by atoms with van der Waals surface area (Å²) in [5.74, 6) is 0. The minimum absolute atomic E-state index is 0.285. The molecule has 0 aromatic heterocycles. The normalized spacial score (nSPS) is 16.4. The fourth-order valence-electron chi connectivity index (χ4n) is 5.95. The van der Waals surface area contributed by atoms with Crippen molar-refractivity contribution in [2.45, 2.75) is 148 Å². The average Bonchev–Trinajstić information content (AvgIpc) is 3.37. The van der Waals surface area contributed by atoms with Crippen molar-refractivity contribution in [3.8, 4) is 0 Å². The molecule has 1 atom stereocenters. The highest BCUT2D eigenvalue weighted by Crippen LogP contribution is 2.39. The lowest BCUT2D eigenvalue weighted by molar-refractivity contribution is 0.0951. The Morgan fingerprint density at radius 2 is 1.03 bits per heavy atom. The van der Waals surface area contributed by atoms with E-state index in [0.717, 1.165) is 0 Å². The summed E-state index contributed by atoms with van der Waals surface area (Å²) >= 11 is 0. The summed E-state index contributed by atoms with van der Waals surface area (Å²) in [6.07, 6.45) is 28.5. The topological polar surface area (TPSA) is 3.24 Å². The summed E-state index contributed by atoms with van der Waals surface area (Å²) in [6.45, 7) is 7.30. The molecule has 1 aliphatic heterocycles. The molecule has 0 bridgehead atoms. The minimum Gasteiger partial charge on any atom is -0.294 e. The Hall–Kier alpha value is -0.820. The first-order valence-electron chi connectivity index (χ1n) is 14.6. The molecule has 0 spiro atoms. The number of hydrogen-bond acceptors (Lipinski definition) is 1. The Morgan fingerprint density at radius 1 is 0.594 bits per heavy atom. The molecule has 1 aromatic carbocycles. The quantitative estimate of drug-likeness (QED) is 0.182. The van der Waals surface area contributed by atoms with E-state index in [4.69, 9.17) is 0 Å². The molecular weight excluding hydrogens is 386 g/mol. The van der Waals surface area contributed by atoms with E-state index in [2.05, 4.69) is 49.1 Å². The summed E-state index contributed by atoms with van der Waals surface area (Å²) in [5, 5.41) is 0. The van der Waals surface area contributed by atoms with Crippen molar-refractivity contribution < 1.29 is 0 Å². The van der Waals surface area contributed by atoms with Crippen LogP contribution in [-0.4, -0.2) is 18.0 Å². The van der Waals surface area contributed by atoms with Crippen LogP contribution in [0.4, 0.5) is 0 Å². The van der Waals surface area contributed by atoms with Crippen LogP contribution in [0, 0.1) is 0 Å². The van der Waals surface area contributed by atoms with Gasteiger partial charge in [-0.3, -0.25) is 4.90 Å². The third-order valence-electron chi connectivity index (χ3n) is 8.05. The van der Waals surface area contributed by atoms with Gasteiger partial charge in [-0.05, 0) is 44.3 Å². The first-order valence-corrected chi connectivity index (χ1v) is 14.6. The Morgan fingerprint density at radius 3 is 1.47 bits per heavy atom. The average molecular weight is 442 g/mol. The van der Waals surface area contributed by atoms with E-state index < -0.39 is 0 Å². The van der Waals surface area contributed by atoms with Gasteiger partial charge in [0.15, 0.2) is 0 Å². The second kappa shape index (κ2) is 17.6. The zero-order valence-electron chi connectivity index (χ0n) is 21.9.